The molecule has 0 atom stereocenters. The monoisotopic (exact) mass is 240 g/mol. The van der Waals surface area contributed by atoms with Gasteiger partial charge < -0.3 is 0 Å². The first-order valence-corrected chi connectivity index (χ1v) is 5.98. The van der Waals surface area contributed by atoms with E-state index in [0.29, 0.717) is 25.7 Å². The van der Waals surface area contributed by atoms with Crippen molar-refractivity contribution in [2.24, 2.45) is 0 Å². The molecule has 18 heavy (non-hydrogen) atoms. The standard InChI is InChI=1S/C15H16N2O/c1-13(18)15(9-5-11-16,10-6-12-17)14-7-3-2-4-8-14/h2-4,7-8H,5-6,9-10H2,1H3. The average Bonchev–Trinajstić information content (AvgIpc) is 2.40. The summed E-state index contributed by atoms with van der Waals surface area (Å²) in [5.41, 5.74) is 0.218. The topological polar surface area (TPSA) is 64.7 Å². The Bertz CT molecular complexity index is 461. The van der Waals surface area contributed by atoms with E-state index in [-0.39, 0.29) is 5.78 Å². The number of nitrogens with zero attached hydrogens (tertiary/aromatic N) is 2. The molecule has 0 fully saturated rings. The first-order chi connectivity index (χ1) is 8.67. The third-order valence-corrected chi connectivity index (χ3v) is 3.33. The number of benzene rings is 1. The molecule has 0 unspecified atom stereocenters. The first kappa shape index (κ1) is 13.9. The molecule has 0 aliphatic rings. The largest absolute Gasteiger partial charge is 0.299 e. The van der Waals surface area contributed by atoms with E-state index in [1.165, 1.54) is 0 Å². The minimum absolute atomic E-state index is 0.0270. The number of nitriles is 2. The molecule has 0 amide bonds. The van der Waals surface area contributed by atoms with Gasteiger partial charge in [0.15, 0.2) is 0 Å². The van der Waals surface area contributed by atoms with Gasteiger partial charge in [0.2, 0.25) is 0 Å². The van der Waals surface area contributed by atoms with E-state index in [2.05, 4.69) is 12.1 Å². The normalized spacial score (nSPS) is 10.4. The van der Waals surface area contributed by atoms with Crippen molar-refractivity contribution in [3.63, 3.8) is 0 Å². The van der Waals surface area contributed by atoms with E-state index in [1.807, 2.05) is 30.3 Å². The van der Waals surface area contributed by atoms with E-state index in [9.17, 15) is 4.79 Å². The van der Waals surface area contributed by atoms with Crippen molar-refractivity contribution < 1.29 is 4.79 Å². The summed E-state index contributed by atoms with van der Waals surface area (Å²) >= 11 is 0. The second kappa shape index (κ2) is 6.57. The fourth-order valence-corrected chi connectivity index (χ4v) is 2.26. The van der Waals surface area contributed by atoms with Crippen LogP contribution >= 0.6 is 0 Å². The zero-order chi connectivity index (χ0) is 13.4. The van der Waals surface area contributed by atoms with Crippen LogP contribution in [0.5, 0.6) is 0 Å². The van der Waals surface area contributed by atoms with Crippen LogP contribution in [0.15, 0.2) is 30.3 Å². The van der Waals surface area contributed by atoms with Crippen molar-refractivity contribution in [3.05, 3.63) is 35.9 Å². The van der Waals surface area contributed by atoms with E-state index in [4.69, 9.17) is 10.5 Å². The van der Waals surface area contributed by atoms with Gasteiger partial charge in [-0.2, -0.15) is 10.5 Å². The fourth-order valence-electron chi connectivity index (χ4n) is 2.26. The fraction of sp³-hybridized carbons (Fsp3) is 0.400. The maximum atomic E-state index is 12.1. The first-order valence-electron chi connectivity index (χ1n) is 5.98. The molecule has 0 spiro atoms. The summed E-state index contributed by atoms with van der Waals surface area (Å²) in [5, 5.41) is 17.5. The van der Waals surface area contributed by atoms with Crippen LogP contribution in [0.3, 0.4) is 0 Å². The maximum absolute atomic E-state index is 12.1. The van der Waals surface area contributed by atoms with Crippen molar-refractivity contribution in [2.75, 3.05) is 0 Å². The predicted molar refractivity (Wildman–Crippen MR) is 68.5 cm³/mol. The van der Waals surface area contributed by atoms with E-state index in [1.54, 1.807) is 6.92 Å². The molecule has 3 heteroatoms. The Labute approximate surface area is 108 Å². The highest BCUT2D eigenvalue weighted by molar-refractivity contribution is 5.88. The Morgan fingerprint density at radius 3 is 2.00 bits per heavy atom. The van der Waals surface area contributed by atoms with E-state index < -0.39 is 5.41 Å². The van der Waals surface area contributed by atoms with Crippen LogP contribution in [-0.4, -0.2) is 5.78 Å². The lowest BCUT2D eigenvalue weighted by Gasteiger charge is -2.30. The summed E-state index contributed by atoms with van der Waals surface area (Å²) < 4.78 is 0. The molecule has 1 rings (SSSR count). The molecule has 1 aromatic rings. The number of carbonyl (C=O) groups excluding carboxylic acids is 1. The van der Waals surface area contributed by atoms with Gasteiger partial charge in [0, 0.05) is 12.8 Å². The van der Waals surface area contributed by atoms with Crippen LogP contribution in [0.2, 0.25) is 0 Å². The molecular formula is C15H16N2O. The van der Waals surface area contributed by atoms with Gasteiger partial charge >= 0.3 is 0 Å². The highest BCUT2D eigenvalue weighted by Crippen LogP contribution is 2.35. The molecule has 1 aromatic carbocycles. The van der Waals surface area contributed by atoms with Gasteiger partial charge in [-0.25, -0.2) is 0 Å². The Morgan fingerprint density at radius 1 is 1.11 bits per heavy atom. The van der Waals surface area contributed by atoms with E-state index in [0.717, 1.165) is 5.56 Å². The Morgan fingerprint density at radius 2 is 1.61 bits per heavy atom. The Kier molecular flexibility index (Phi) is 5.08. The molecule has 0 bridgehead atoms. The molecule has 0 heterocycles. The van der Waals surface area contributed by atoms with E-state index >= 15 is 0 Å². The lowest BCUT2D eigenvalue weighted by atomic mass is 9.71. The zero-order valence-corrected chi connectivity index (χ0v) is 10.5. The van der Waals surface area contributed by atoms with Crippen LogP contribution in [0.4, 0.5) is 0 Å². The van der Waals surface area contributed by atoms with Crippen LogP contribution in [-0.2, 0) is 10.2 Å². The Balaban J connectivity index is 3.17. The number of Topliss-reactive ketones (excluding diaryl/α,β-unsaturated/α-hetero) is 1. The predicted octanol–water partition coefficient (Wildman–Crippen LogP) is 3.12. The van der Waals surface area contributed by atoms with Gasteiger partial charge in [0.1, 0.15) is 5.78 Å². The lowest BCUT2D eigenvalue weighted by Crippen LogP contribution is -2.34. The molecule has 0 aromatic heterocycles. The highest BCUT2D eigenvalue weighted by Gasteiger charge is 2.36. The molecule has 0 saturated carbocycles. The minimum atomic E-state index is -0.688. The maximum Gasteiger partial charge on any atom is 0.140 e. The van der Waals surface area contributed by atoms with Crippen LogP contribution in [0.1, 0.15) is 38.2 Å². The number of hydrogen-bond acceptors (Lipinski definition) is 3. The summed E-state index contributed by atoms with van der Waals surface area (Å²) in [6, 6.07) is 13.6. The van der Waals surface area contributed by atoms with Crippen molar-refractivity contribution in [1.29, 1.82) is 10.5 Å². The van der Waals surface area contributed by atoms with Crippen LogP contribution in [0, 0.1) is 22.7 Å². The second-order valence-corrected chi connectivity index (χ2v) is 4.32. The van der Waals surface area contributed by atoms with Gasteiger partial charge in [-0.15, -0.1) is 0 Å². The smallest absolute Gasteiger partial charge is 0.140 e. The number of ketones is 1. The SMILES string of the molecule is CC(=O)C(CCC#N)(CCC#N)c1ccccc1. The Hall–Kier alpha value is -2.13. The second-order valence-electron chi connectivity index (χ2n) is 4.32. The molecule has 0 aliphatic heterocycles. The van der Waals surface area contributed by atoms with Gasteiger partial charge in [-0.05, 0) is 25.3 Å². The molecule has 92 valence electrons. The number of carbonyl (C=O) groups is 1. The van der Waals surface area contributed by atoms with Gasteiger partial charge in [0.25, 0.3) is 0 Å². The minimum Gasteiger partial charge on any atom is -0.299 e. The van der Waals surface area contributed by atoms with Gasteiger partial charge in [0.05, 0.1) is 17.6 Å². The van der Waals surface area contributed by atoms with Crippen LogP contribution in [0.25, 0.3) is 0 Å². The summed E-state index contributed by atoms with van der Waals surface area (Å²) in [6.07, 6.45) is 1.59. The third kappa shape index (κ3) is 2.96. The summed E-state index contributed by atoms with van der Waals surface area (Å²) in [7, 11) is 0. The third-order valence-electron chi connectivity index (χ3n) is 3.33. The molecule has 0 saturated heterocycles. The number of rotatable bonds is 6. The highest BCUT2D eigenvalue weighted by atomic mass is 16.1. The average molecular weight is 240 g/mol. The zero-order valence-electron chi connectivity index (χ0n) is 10.5. The van der Waals surface area contributed by atoms with Gasteiger partial charge in [-0.3, -0.25) is 4.79 Å². The summed E-state index contributed by atoms with van der Waals surface area (Å²) in [6.45, 7) is 1.54. The van der Waals surface area contributed by atoms with Crippen LogP contribution < -0.4 is 0 Å². The molecule has 0 aliphatic carbocycles. The van der Waals surface area contributed by atoms with Crippen molar-refractivity contribution in [2.45, 2.75) is 38.0 Å². The van der Waals surface area contributed by atoms with Crippen molar-refractivity contribution >= 4 is 5.78 Å². The van der Waals surface area contributed by atoms with Crippen molar-refractivity contribution in [1.82, 2.24) is 0 Å². The molecule has 0 radical (unpaired) electrons. The van der Waals surface area contributed by atoms with Gasteiger partial charge in [-0.1, -0.05) is 30.3 Å². The lowest BCUT2D eigenvalue weighted by molar-refractivity contribution is -0.123. The quantitative estimate of drug-likeness (QED) is 0.767. The molecule has 3 nitrogen and oxygen atoms in total. The molecule has 0 N–H and O–H groups in total. The molecular weight excluding hydrogens is 224 g/mol. The van der Waals surface area contributed by atoms with Crippen molar-refractivity contribution in [3.8, 4) is 12.1 Å². The number of hydrogen-bond donors (Lipinski definition) is 0. The summed E-state index contributed by atoms with van der Waals surface area (Å²) in [4.78, 5) is 12.1. The summed E-state index contributed by atoms with van der Waals surface area (Å²) in [5.74, 6) is 0.0270.